The SMILES string of the molecule is C=C(C)C(=O)OCCNC(=O)OC(COC1CCC(C23CC4CC(CC(C4)C2)C3)CC1)COC1CCC(C(C)(C)C2CCC(OCC(COC3CCC(C45CC6CC(CC(C6)C4)C5)CC3)OC(=O)NCCOC(=O)C(=C)C)CC2)CC1. The average molecular weight is 1130 g/mol. The normalized spacial score (nSPS) is 37.6. The smallest absolute Gasteiger partial charge is 0.407 e. The molecule has 2 atom stereocenters. The molecule has 0 radical (unpaired) electrons. The summed E-state index contributed by atoms with van der Waals surface area (Å²) in [7, 11) is 0. The van der Waals surface area contributed by atoms with E-state index in [0.717, 1.165) is 124 Å². The molecule has 14 heteroatoms. The van der Waals surface area contributed by atoms with Gasteiger partial charge in [-0.2, -0.15) is 0 Å². The van der Waals surface area contributed by atoms with Gasteiger partial charge in [-0.25, -0.2) is 19.2 Å². The van der Waals surface area contributed by atoms with Gasteiger partial charge in [0.1, 0.15) is 13.2 Å². The van der Waals surface area contributed by atoms with E-state index in [1.165, 1.54) is 103 Å². The molecule has 12 rings (SSSR count). The van der Waals surface area contributed by atoms with Gasteiger partial charge < -0.3 is 48.5 Å². The minimum Gasteiger partial charge on any atom is -0.460 e. The van der Waals surface area contributed by atoms with E-state index in [-0.39, 0.29) is 69.3 Å². The largest absolute Gasteiger partial charge is 0.460 e. The first-order valence-electron chi connectivity index (χ1n) is 33.0. The topological polar surface area (TPSA) is 166 Å². The van der Waals surface area contributed by atoms with E-state index in [9.17, 15) is 19.2 Å². The van der Waals surface area contributed by atoms with Crippen LogP contribution in [-0.4, -0.2) is 113 Å². The van der Waals surface area contributed by atoms with Crippen LogP contribution in [-0.2, 0) is 47.5 Å². The van der Waals surface area contributed by atoms with Gasteiger partial charge in [-0.05, 0) is 269 Å². The first-order chi connectivity index (χ1) is 39.0. The van der Waals surface area contributed by atoms with Crippen molar-refractivity contribution in [2.75, 3.05) is 52.7 Å². The molecule has 12 fully saturated rings. The van der Waals surface area contributed by atoms with Crippen molar-refractivity contribution in [3.8, 4) is 0 Å². The molecule has 8 bridgehead atoms. The van der Waals surface area contributed by atoms with Gasteiger partial charge in [0.15, 0.2) is 12.2 Å². The van der Waals surface area contributed by atoms with E-state index >= 15 is 0 Å². The Kier molecular flexibility index (Phi) is 20.6. The highest BCUT2D eigenvalue weighted by atomic mass is 16.6. The molecule has 14 nitrogen and oxygen atoms in total. The van der Waals surface area contributed by atoms with Crippen LogP contribution in [0.15, 0.2) is 24.3 Å². The number of carbonyl (C=O) groups is 4. The molecule has 12 aliphatic carbocycles. The van der Waals surface area contributed by atoms with Crippen LogP contribution in [0.2, 0.25) is 0 Å². The number of alkyl carbamates (subject to hydrolysis) is 2. The summed E-state index contributed by atoms with van der Waals surface area (Å²) in [5, 5.41) is 5.49. The van der Waals surface area contributed by atoms with Gasteiger partial charge in [0.05, 0.1) is 63.9 Å². The average Bonchev–Trinajstić information content (AvgIpc) is 3.60. The monoisotopic (exact) mass is 1130 g/mol. The molecule has 0 aromatic carbocycles. The second-order valence-corrected chi connectivity index (χ2v) is 29.3. The third kappa shape index (κ3) is 15.8. The summed E-state index contributed by atoms with van der Waals surface area (Å²) < 4.78 is 48.7. The molecular formula is C67H106N2O12. The summed E-state index contributed by atoms with van der Waals surface area (Å²) in [5.41, 5.74) is 1.95. The third-order valence-electron chi connectivity index (χ3n) is 23.2. The Morgan fingerprint density at radius 3 is 0.988 bits per heavy atom. The maximum Gasteiger partial charge on any atom is 0.407 e. The van der Waals surface area contributed by atoms with Gasteiger partial charge in [0, 0.05) is 11.1 Å². The Hall–Kier alpha value is -3.20. The van der Waals surface area contributed by atoms with Crippen LogP contribution >= 0.6 is 0 Å². The number of hydrogen-bond donors (Lipinski definition) is 2. The van der Waals surface area contributed by atoms with E-state index in [4.69, 9.17) is 37.9 Å². The Labute approximate surface area is 486 Å². The number of ether oxygens (including phenoxy) is 8. The molecule has 2 amide bonds. The quantitative estimate of drug-likeness (QED) is 0.0365. The zero-order valence-corrected chi connectivity index (χ0v) is 50.5. The Bertz CT molecular complexity index is 1910. The van der Waals surface area contributed by atoms with E-state index in [1.54, 1.807) is 13.8 Å². The number of carbonyl (C=O) groups excluding carboxylic acids is 4. The lowest BCUT2D eigenvalue weighted by molar-refractivity contribution is -0.139. The minimum absolute atomic E-state index is 0.0375. The Balaban J connectivity index is 0.652. The molecule has 2 unspecified atom stereocenters. The summed E-state index contributed by atoms with van der Waals surface area (Å²) >= 11 is 0. The fourth-order valence-electron chi connectivity index (χ4n) is 19.8. The number of amides is 2. The highest BCUT2D eigenvalue weighted by Gasteiger charge is 2.56. The van der Waals surface area contributed by atoms with Crippen molar-refractivity contribution in [1.29, 1.82) is 0 Å². The number of nitrogens with one attached hydrogen (secondary N) is 2. The molecule has 0 aromatic heterocycles. The predicted molar refractivity (Wildman–Crippen MR) is 310 cm³/mol. The predicted octanol–water partition coefficient (Wildman–Crippen LogP) is 13.2. The van der Waals surface area contributed by atoms with Crippen molar-refractivity contribution >= 4 is 24.1 Å². The summed E-state index contributed by atoms with van der Waals surface area (Å²) in [5.74, 6) is 7.66. The van der Waals surface area contributed by atoms with Gasteiger partial charge in [0.25, 0.3) is 0 Å². The van der Waals surface area contributed by atoms with Crippen molar-refractivity contribution in [2.45, 2.75) is 244 Å². The van der Waals surface area contributed by atoms with Crippen LogP contribution in [0.4, 0.5) is 9.59 Å². The number of esters is 2. The highest BCUT2D eigenvalue weighted by Crippen LogP contribution is 2.66. The van der Waals surface area contributed by atoms with Crippen molar-refractivity contribution in [1.82, 2.24) is 10.6 Å². The second kappa shape index (κ2) is 27.4. The van der Waals surface area contributed by atoms with Crippen LogP contribution in [0.5, 0.6) is 0 Å². The molecule has 0 aliphatic heterocycles. The Morgan fingerprint density at radius 1 is 0.444 bits per heavy atom. The van der Waals surface area contributed by atoms with E-state index < -0.39 is 36.3 Å². The van der Waals surface area contributed by atoms with Crippen LogP contribution < -0.4 is 10.6 Å². The summed E-state index contributed by atoms with van der Waals surface area (Å²) in [4.78, 5) is 49.9. The lowest BCUT2D eigenvalue weighted by Crippen LogP contribution is -2.50. The lowest BCUT2D eigenvalue weighted by Gasteiger charge is -2.60. The molecule has 12 saturated carbocycles. The molecule has 0 spiro atoms. The van der Waals surface area contributed by atoms with Crippen LogP contribution in [0, 0.1) is 75.4 Å². The maximum atomic E-state index is 13.1. The van der Waals surface area contributed by atoms with Gasteiger partial charge in [-0.3, -0.25) is 0 Å². The van der Waals surface area contributed by atoms with Gasteiger partial charge >= 0.3 is 24.1 Å². The fraction of sp³-hybridized carbons (Fsp3) is 0.881. The third-order valence-corrected chi connectivity index (χ3v) is 23.2. The second-order valence-electron chi connectivity index (χ2n) is 29.3. The Morgan fingerprint density at radius 2 is 0.716 bits per heavy atom. The summed E-state index contributed by atoms with van der Waals surface area (Å²) in [6.07, 6.45) is 33.4. The van der Waals surface area contributed by atoms with Gasteiger partial charge in [0.2, 0.25) is 0 Å². The highest BCUT2D eigenvalue weighted by molar-refractivity contribution is 5.87. The van der Waals surface area contributed by atoms with Crippen LogP contribution in [0.3, 0.4) is 0 Å². The molecule has 0 saturated heterocycles. The molecule has 2 N–H and O–H groups in total. The molecule has 81 heavy (non-hydrogen) atoms. The van der Waals surface area contributed by atoms with Crippen molar-refractivity contribution in [3.05, 3.63) is 24.3 Å². The fourth-order valence-corrected chi connectivity index (χ4v) is 19.8. The number of hydrogen-bond acceptors (Lipinski definition) is 12. The zero-order valence-electron chi connectivity index (χ0n) is 50.5. The molecule has 12 aliphatic rings. The first kappa shape index (κ1) is 60.9. The van der Waals surface area contributed by atoms with Crippen molar-refractivity contribution in [2.24, 2.45) is 75.4 Å². The zero-order chi connectivity index (χ0) is 56.7. The first-order valence-corrected chi connectivity index (χ1v) is 33.0. The molecular weight excluding hydrogens is 1020 g/mol. The van der Waals surface area contributed by atoms with E-state index in [2.05, 4.69) is 37.6 Å². The van der Waals surface area contributed by atoms with E-state index in [1.807, 2.05) is 0 Å². The lowest BCUT2D eigenvalue weighted by atomic mass is 9.45. The van der Waals surface area contributed by atoms with Crippen molar-refractivity contribution < 1.29 is 57.1 Å². The maximum absolute atomic E-state index is 13.1. The van der Waals surface area contributed by atoms with Gasteiger partial charge in [-0.15, -0.1) is 0 Å². The standard InChI is InChI=1S/C67H106N2O12/c1-43(2)61(70)74-25-23-68-63(72)80-59(41-78-57-19-11-53(12-20-57)66-33-45-27-46(34-66)29-47(28-45)35-66)39-76-55-15-7-51(8-16-55)65(5,6)52-9-17-56(18-10-52)77-40-60(81-64(73)69-24-26-75-62(71)44(3)4)42-79-58-21-13-54(14-22-58)67-36-48-30-49(37-67)32-50(31-48)38-67/h45-60H,1,3,7-42H2,2,4-6H3,(H,68,72)(H,69,73). The summed E-state index contributed by atoms with van der Waals surface area (Å²) in [6.45, 7) is 16.9. The molecule has 0 heterocycles. The molecule has 456 valence electrons. The van der Waals surface area contributed by atoms with Gasteiger partial charge in [-0.1, -0.05) is 27.0 Å². The summed E-state index contributed by atoms with van der Waals surface area (Å²) in [6, 6.07) is 0. The van der Waals surface area contributed by atoms with E-state index in [0.29, 0.717) is 47.0 Å². The number of rotatable bonds is 26. The minimum atomic E-state index is -0.564. The molecule has 0 aromatic rings. The van der Waals surface area contributed by atoms with Crippen molar-refractivity contribution in [3.63, 3.8) is 0 Å². The van der Waals surface area contributed by atoms with Crippen LogP contribution in [0.25, 0.3) is 0 Å². The van der Waals surface area contributed by atoms with Crippen LogP contribution in [0.1, 0.15) is 207 Å².